The third-order valence-corrected chi connectivity index (χ3v) is 4.57. The third kappa shape index (κ3) is 4.98. The number of hydrogen-bond donors (Lipinski definition) is 2. The zero-order valence-electron chi connectivity index (χ0n) is 11.7. The van der Waals surface area contributed by atoms with Gasteiger partial charge >= 0.3 is 6.18 Å². The van der Waals surface area contributed by atoms with E-state index in [2.05, 4.69) is 4.72 Å². The highest BCUT2D eigenvalue weighted by atomic mass is 32.2. The molecule has 0 saturated heterocycles. The number of nitrogens with one attached hydrogen (secondary N) is 1. The van der Waals surface area contributed by atoms with Crippen LogP contribution in [-0.2, 0) is 16.2 Å². The van der Waals surface area contributed by atoms with Crippen LogP contribution in [0, 0.1) is 0 Å². The summed E-state index contributed by atoms with van der Waals surface area (Å²) in [5.74, 6) is 0. The first-order chi connectivity index (χ1) is 9.72. The van der Waals surface area contributed by atoms with Crippen molar-refractivity contribution < 1.29 is 21.6 Å². The second-order valence-electron chi connectivity index (χ2n) is 4.69. The Morgan fingerprint density at radius 2 is 1.90 bits per heavy atom. The van der Waals surface area contributed by atoms with Crippen LogP contribution < -0.4 is 10.5 Å². The fourth-order valence-electron chi connectivity index (χ4n) is 1.89. The van der Waals surface area contributed by atoms with Gasteiger partial charge in [0.1, 0.15) is 0 Å². The molecule has 0 aliphatic carbocycles. The average Bonchev–Trinajstić information content (AvgIpc) is 2.42. The number of hydrogen-bond acceptors (Lipinski definition) is 3. The lowest BCUT2D eigenvalue weighted by molar-refractivity contribution is -0.139. The molecule has 1 atom stereocenters. The minimum atomic E-state index is -4.73. The fraction of sp³-hybridized carbons (Fsp3) is 0.538. The Morgan fingerprint density at radius 1 is 1.29 bits per heavy atom. The van der Waals surface area contributed by atoms with Crippen molar-refractivity contribution in [3.05, 3.63) is 29.8 Å². The van der Waals surface area contributed by atoms with Crippen molar-refractivity contribution in [1.29, 1.82) is 0 Å². The zero-order valence-corrected chi connectivity index (χ0v) is 12.5. The minimum absolute atomic E-state index is 0.0351. The molecule has 0 spiro atoms. The summed E-state index contributed by atoms with van der Waals surface area (Å²) < 4.78 is 65.2. The van der Waals surface area contributed by atoms with E-state index in [1.54, 1.807) is 0 Å². The third-order valence-electron chi connectivity index (χ3n) is 2.99. The molecule has 1 aromatic carbocycles. The van der Waals surface area contributed by atoms with Crippen molar-refractivity contribution >= 4 is 10.0 Å². The normalized spacial score (nSPS) is 14.1. The van der Waals surface area contributed by atoms with E-state index >= 15 is 0 Å². The first kappa shape index (κ1) is 17.9. The maximum Gasteiger partial charge on any atom is 0.417 e. The molecule has 0 aromatic heterocycles. The Labute approximate surface area is 122 Å². The van der Waals surface area contributed by atoms with Gasteiger partial charge in [-0.1, -0.05) is 31.9 Å². The average molecular weight is 324 g/mol. The van der Waals surface area contributed by atoms with Gasteiger partial charge in [0, 0.05) is 12.6 Å². The fourth-order valence-corrected chi connectivity index (χ4v) is 3.40. The summed E-state index contributed by atoms with van der Waals surface area (Å²) in [4.78, 5) is -0.771. The second kappa shape index (κ2) is 7.24. The lowest BCUT2D eigenvalue weighted by Gasteiger charge is -2.19. The first-order valence-corrected chi connectivity index (χ1v) is 8.09. The maximum absolute atomic E-state index is 12.9. The SMILES string of the molecule is CCCCC(CN)NS(=O)(=O)c1ccccc1C(F)(F)F. The van der Waals surface area contributed by atoms with Gasteiger partial charge in [0.25, 0.3) is 0 Å². The van der Waals surface area contributed by atoms with E-state index in [-0.39, 0.29) is 6.54 Å². The summed E-state index contributed by atoms with van der Waals surface area (Å²) in [7, 11) is -4.27. The molecule has 120 valence electrons. The molecule has 0 radical (unpaired) electrons. The lowest BCUT2D eigenvalue weighted by atomic mass is 10.1. The predicted molar refractivity (Wildman–Crippen MR) is 74.1 cm³/mol. The van der Waals surface area contributed by atoms with Gasteiger partial charge in [0.15, 0.2) is 0 Å². The monoisotopic (exact) mass is 324 g/mol. The van der Waals surface area contributed by atoms with Crippen LogP contribution in [0.4, 0.5) is 13.2 Å². The number of sulfonamides is 1. The molecule has 21 heavy (non-hydrogen) atoms. The Morgan fingerprint density at radius 3 is 2.43 bits per heavy atom. The summed E-state index contributed by atoms with van der Waals surface area (Å²) in [5, 5.41) is 0. The van der Waals surface area contributed by atoms with Gasteiger partial charge < -0.3 is 5.73 Å². The summed E-state index contributed by atoms with van der Waals surface area (Å²) in [6.45, 7) is 1.97. The number of unbranched alkanes of at least 4 members (excludes halogenated alkanes) is 1. The van der Waals surface area contributed by atoms with Crippen LogP contribution in [0.15, 0.2) is 29.2 Å². The second-order valence-corrected chi connectivity index (χ2v) is 6.37. The van der Waals surface area contributed by atoms with Crippen LogP contribution in [0.25, 0.3) is 0 Å². The van der Waals surface area contributed by atoms with Crippen LogP contribution >= 0.6 is 0 Å². The molecular weight excluding hydrogens is 305 g/mol. The molecule has 0 aliphatic rings. The molecule has 0 bridgehead atoms. The molecule has 0 heterocycles. The largest absolute Gasteiger partial charge is 0.417 e. The van der Waals surface area contributed by atoms with Crippen molar-refractivity contribution in [1.82, 2.24) is 4.72 Å². The topological polar surface area (TPSA) is 72.2 Å². The molecule has 1 rings (SSSR count). The van der Waals surface area contributed by atoms with Crippen molar-refractivity contribution in [3.8, 4) is 0 Å². The van der Waals surface area contributed by atoms with Crippen LogP contribution in [0.1, 0.15) is 31.7 Å². The predicted octanol–water partition coefficient (Wildman–Crippen LogP) is 2.50. The van der Waals surface area contributed by atoms with E-state index in [9.17, 15) is 21.6 Å². The van der Waals surface area contributed by atoms with Gasteiger partial charge in [0.05, 0.1) is 10.5 Å². The van der Waals surface area contributed by atoms with Crippen LogP contribution in [0.3, 0.4) is 0 Å². The number of nitrogens with two attached hydrogens (primary N) is 1. The van der Waals surface area contributed by atoms with Crippen molar-refractivity contribution in [2.75, 3.05) is 6.54 Å². The summed E-state index contributed by atoms with van der Waals surface area (Å²) in [5.41, 5.74) is 4.30. The van der Waals surface area contributed by atoms with Gasteiger partial charge in [0.2, 0.25) is 10.0 Å². The van der Waals surface area contributed by atoms with E-state index in [0.29, 0.717) is 6.42 Å². The van der Waals surface area contributed by atoms with Gasteiger partial charge in [-0.05, 0) is 18.6 Å². The Hall–Kier alpha value is -1.12. The van der Waals surface area contributed by atoms with Crippen molar-refractivity contribution in [3.63, 3.8) is 0 Å². The number of halogens is 3. The lowest BCUT2D eigenvalue weighted by Crippen LogP contribution is -2.40. The molecular formula is C13H19F3N2O2S. The Kier molecular flexibility index (Phi) is 6.18. The minimum Gasteiger partial charge on any atom is -0.329 e. The van der Waals surface area contributed by atoms with Gasteiger partial charge in [-0.2, -0.15) is 13.2 Å². The number of rotatable bonds is 7. The molecule has 0 aliphatic heterocycles. The molecule has 3 N–H and O–H groups in total. The highest BCUT2D eigenvalue weighted by Gasteiger charge is 2.37. The molecule has 4 nitrogen and oxygen atoms in total. The number of benzene rings is 1. The number of alkyl halides is 3. The van der Waals surface area contributed by atoms with Gasteiger partial charge in [-0.15, -0.1) is 0 Å². The van der Waals surface area contributed by atoms with Gasteiger partial charge in [-0.3, -0.25) is 0 Å². The molecule has 0 fully saturated rings. The Balaban J connectivity index is 3.08. The van der Waals surface area contributed by atoms with Crippen LogP contribution in [0.5, 0.6) is 0 Å². The first-order valence-electron chi connectivity index (χ1n) is 6.61. The standard InChI is InChI=1S/C13H19F3N2O2S/c1-2-3-6-10(9-17)18-21(19,20)12-8-5-4-7-11(12)13(14,15)16/h4-5,7-8,10,18H,2-3,6,9,17H2,1H3. The van der Waals surface area contributed by atoms with Crippen LogP contribution in [0.2, 0.25) is 0 Å². The molecule has 1 unspecified atom stereocenters. The summed E-state index contributed by atoms with van der Waals surface area (Å²) in [6.07, 6.45) is -2.66. The molecule has 0 saturated carbocycles. The molecule has 1 aromatic rings. The van der Waals surface area contributed by atoms with E-state index in [1.807, 2.05) is 6.92 Å². The van der Waals surface area contributed by atoms with Gasteiger partial charge in [-0.25, -0.2) is 13.1 Å². The van der Waals surface area contributed by atoms with E-state index in [0.717, 1.165) is 31.0 Å². The summed E-state index contributed by atoms with van der Waals surface area (Å²) >= 11 is 0. The van der Waals surface area contributed by atoms with Crippen LogP contribution in [-0.4, -0.2) is 21.0 Å². The molecule has 0 amide bonds. The quantitative estimate of drug-likeness (QED) is 0.809. The zero-order chi connectivity index (χ0) is 16.1. The van der Waals surface area contributed by atoms with E-state index in [1.165, 1.54) is 6.07 Å². The highest BCUT2D eigenvalue weighted by molar-refractivity contribution is 7.89. The van der Waals surface area contributed by atoms with E-state index < -0.39 is 32.7 Å². The maximum atomic E-state index is 12.9. The van der Waals surface area contributed by atoms with Crippen molar-refractivity contribution in [2.24, 2.45) is 5.73 Å². The highest BCUT2D eigenvalue weighted by Crippen LogP contribution is 2.33. The van der Waals surface area contributed by atoms with Crippen molar-refractivity contribution in [2.45, 2.75) is 43.3 Å². The Bertz CT molecular complexity index is 559. The van der Waals surface area contributed by atoms with E-state index in [4.69, 9.17) is 5.73 Å². The molecule has 8 heteroatoms. The smallest absolute Gasteiger partial charge is 0.329 e. The summed E-state index contributed by atoms with van der Waals surface area (Å²) in [6, 6.07) is 3.53.